The van der Waals surface area contributed by atoms with Crippen LogP contribution >= 0.6 is 0 Å². The lowest BCUT2D eigenvalue weighted by molar-refractivity contribution is -0.155. The van der Waals surface area contributed by atoms with Gasteiger partial charge in [-0.3, -0.25) is 9.59 Å². The standard InChI is InChI=1S/C25H33NO7/c1-24(2,3)32-23(28)9-11-25(4,5)10-8-20(27)19-13-18(33-26-19)15-29-14-17-6-7-21-22(12-17)31-16-30-21/h6-7,12-13H,8-11,14-16H2,1-5H3. The van der Waals surface area contributed by atoms with Gasteiger partial charge in [-0.15, -0.1) is 0 Å². The molecule has 8 heteroatoms. The number of rotatable bonds is 11. The predicted molar refractivity (Wildman–Crippen MR) is 120 cm³/mol. The number of fused-ring (bicyclic) bond motifs is 1. The molecule has 1 aliphatic heterocycles. The highest BCUT2D eigenvalue weighted by Crippen LogP contribution is 2.33. The van der Waals surface area contributed by atoms with Crippen LogP contribution in [0.25, 0.3) is 0 Å². The number of hydrogen-bond acceptors (Lipinski definition) is 8. The largest absolute Gasteiger partial charge is 0.460 e. The summed E-state index contributed by atoms with van der Waals surface area (Å²) in [4.78, 5) is 24.5. The SMILES string of the molecule is CC(C)(CCC(=O)OC(C)(C)C)CCC(=O)c1cc(COCc2ccc3c(c2)OCO3)on1. The second-order valence-corrected chi connectivity index (χ2v) is 10.0. The van der Waals surface area contributed by atoms with E-state index in [4.69, 9.17) is 23.5 Å². The van der Waals surface area contributed by atoms with Crippen LogP contribution in [-0.4, -0.2) is 29.3 Å². The van der Waals surface area contributed by atoms with Crippen LogP contribution < -0.4 is 9.47 Å². The average Bonchev–Trinajstić information content (AvgIpc) is 3.39. The minimum absolute atomic E-state index is 0.0916. The van der Waals surface area contributed by atoms with Crippen molar-refractivity contribution in [2.24, 2.45) is 5.41 Å². The number of carbonyl (C=O) groups is 2. The van der Waals surface area contributed by atoms with Gasteiger partial charge in [0.15, 0.2) is 23.0 Å². The fraction of sp³-hybridized carbons (Fsp3) is 0.560. The van der Waals surface area contributed by atoms with Crippen molar-refractivity contribution in [2.75, 3.05) is 6.79 Å². The Labute approximate surface area is 194 Å². The Bertz CT molecular complexity index is 971. The Balaban J connectivity index is 1.40. The second-order valence-electron chi connectivity index (χ2n) is 10.0. The van der Waals surface area contributed by atoms with E-state index >= 15 is 0 Å². The summed E-state index contributed by atoms with van der Waals surface area (Å²) in [6.45, 7) is 10.4. The fourth-order valence-corrected chi connectivity index (χ4v) is 3.35. The zero-order chi connectivity index (χ0) is 24.1. The number of benzene rings is 1. The molecule has 0 atom stereocenters. The van der Waals surface area contributed by atoms with Gasteiger partial charge in [-0.2, -0.15) is 0 Å². The van der Waals surface area contributed by atoms with E-state index in [1.807, 2.05) is 52.8 Å². The van der Waals surface area contributed by atoms with Crippen molar-refractivity contribution in [1.29, 1.82) is 0 Å². The van der Waals surface area contributed by atoms with E-state index in [1.165, 1.54) is 0 Å². The van der Waals surface area contributed by atoms with Crippen molar-refractivity contribution < 1.29 is 33.1 Å². The van der Waals surface area contributed by atoms with Gasteiger partial charge in [0.1, 0.15) is 17.9 Å². The topological polar surface area (TPSA) is 97.1 Å². The third-order valence-electron chi connectivity index (χ3n) is 5.25. The molecule has 1 aliphatic rings. The Morgan fingerprint density at radius 2 is 1.70 bits per heavy atom. The van der Waals surface area contributed by atoms with Crippen molar-refractivity contribution in [3.05, 3.63) is 41.3 Å². The highest BCUT2D eigenvalue weighted by atomic mass is 16.7. The molecule has 0 saturated carbocycles. The van der Waals surface area contributed by atoms with E-state index in [0.29, 0.717) is 49.5 Å². The normalized spacial score (nSPS) is 13.2. The molecule has 1 aromatic carbocycles. The number of ether oxygens (including phenoxy) is 4. The molecular formula is C25H33NO7. The van der Waals surface area contributed by atoms with E-state index < -0.39 is 5.60 Å². The molecule has 2 aromatic rings. The molecule has 0 spiro atoms. The summed E-state index contributed by atoms with van der Waals surface area (Å²) in [6.07, 6.45) is 1.93. The molecule has 180 valence electrons. The van der Waals surface area contributed by atoms with Crippen molar-refractivity contribution in [3.63, 3.8) is 0 Å². The van der Waals surface area contributed by atoms with E-state index in [2.05, 4.69) is 5.16 Å². The summed E-state index contributed by atoms with van der Waals surface area (Å²) in [7, 11) is 0. The zero-order valence-corrected chi connectivity index (χ0v) is 20.1. The molecule has 2 heterocycles. The summed E-state index contributed by atoms with van der Waals surface area (Å²) in [6, 6.07) is 7.26. The molecule has 0 fully saturated rings. The van der Waals surface area contributed by atoms with Gasteiger partial charge in [-0.05, 0) is 56.7 Å². The monoisotopic (exact) mass is 459 g/mol. The molecule has 0 amide bonds. The highest BCUT2D eigenvalue weighted by Gasteiger charge is 2.24. The lowest BCUT2D eigenvalue weighted by Crippen LogP contribution is -2.25. The smallest absolute Gasteiger partial charge is 0.306 e. The second kappa shape index (κ2) is 10.4. The van der Waals surface area contributed by atoms with Crippen molar-refractivity contribution in [2.45, 2.75) is 79.1 Å². The number of Topliss-reactive ketones (excluding diaryl/α,β-unsaturated/α-hetero) is 1. The van der Waals surface area contributed by atoms with Gasteiger partial charge in [-0.1, -0.05) is 25.1 Å². The lowest BCUT2D eigenvalue weighted by atomic mass is 9.82. The molecule has 0 bridgehead atoms. The van der Waals surface area contributed by atoms with Crippen LogP contribution in [0.5, 0.6) is 11.5 Å². The summed E-state index contributed by atoms with van der Waals surface area (Å²) >= 11 is 0. The Morgan fingerprint density at radius 1 is 0.970 bits per heavy atom. The molecule has 0 N–H and O–H groups in total. The van der Waals surface area contributed by atoms with Gasteiger partial charge >= 0.3 is 5.97 Å². The first-order chi connectivity index (χ1) is 15.5. The molecule has 0 radical (unpaired) electrons. The van der Waals surface area contributed by atoms with E-state index in [1.54, 1.807) is 6.07 Å². The first kappa shape index (κ1) is 24.8. The van der Waals surface area contributed by atoms with Crippen molar-refractivity contribution in [3.8, 4) is 11.5 Å². The van der Waals surface area contributed by atoms with Crippen LogP contribution in [-0.2, 0) is 27.5 Å². The summed E-state index contributed by atoms with van der Waals surface area (Å²) < 4.78 is 26.9. The molecule has 1 aromatic heterocycles. The minimum atomic E-state index is -0.490. The maximum atomic E-state index is 12.6. The fourth-order valence-electron chi connectivity index (χ4n) is 3.35. The molecular weight excluding hydrogens is 426 g/mol. The van der Waals surface area contributed by atoms with Gasteiger partial charge < -0.3 is 23.5 Å². The molecule has 33 heavy (non-hydrogen) atoms. The third-order valence-corrected chi connectivity index (χ3v) is 5.25. The zero-order valence-electron chi connectivity index (χ0n) is 20.1. The summed E-state index contributed by atoms with van der Waals surface area (Å²) in [5.41, 5.74) is 0.575. The molecule has 0 unspecified atom stereocenters. The average molecular weight is 460 g/mol. The number of esters is 1. The number of carbonyl (C=O) groups excluding carboxylic acids is 2. The van der Waals surface area contributed by atoms with Crippen LogP contribution in [0, 0.1) is 5.41 Å². The van der Waals surface area contributed by atoms with E-state index in [-0.39, 0.29) is 30.6 Å². The quantitative estimate of drug-likeness (QED) is 0.333. The van der Waals surface area contributed by atoms with Crippen LogP contribution in [0.1, 0.15) is 82.1 Å². The Hall–Kier alpha value is -2.87. The number of ketones is 1. The van der Waals surface area contributed by atoms with Gasteiger partial charge in [0.2, 0.25) is 6.79 Å². The molecule has 3 rings (SSSR count). The van der Waals surface area contributed by atoms with Crippen LogP contribution in [0.2, 0.25) is 0 Å². The Kier molecular flexibility index (Phi) is 7.79. The van der Waals surface area contributed by atoms with Crippen molar-refractivity contribution >= 4 is 11.8 Å². The number of hydrogen-bond donors (Lipinski definition) is 0. The van der Waals surface area contributed by atoms with Gasteiger partial charge in [-0.25, -0.2) is 0 Å². The maximum absolute atomic E-state index is 12.6. The van der Waals surface area contributed by atoms with Crippen molar-refractivity contribution in [1.82, 2.24) is 5.16 Å². The van der Waals surface area contributed by atoms with Gasteiger partial charge in [0.25, 0.3) is 0 Å². The lowest BCUT2D eigenvalue weighted by Gasteiger charge is -2.25. The highest BCUT2D eigenvalue weighted by molar-refractivity contribution is 5.94. The molecule has 0 saturated heterocycles. The van der Waals surface area contributed by atoms with Gasteiger partial charge in [0.05, 0.1) is 6.61 Å². The maximum Gasteiger partial charge on any atom is 0.306 e. The summed E-state index contributed by atoms with van der Waals surface area (Å²) in [5, 5.41) is 3.89. The minimum Gasteiger partial charge on any atom is -0.460 e. The van der Waals surface area contributed by atoms with E-state index in [9.17, 15) is 9.59 Å². The Morgan fingerprint density at radius 3 is 2.45 bits per heavy atom. The van der Waals surface area contributed by atoms with E-state index in [0.717, 1.165) is 11.3 Å². The number of nitrogens with zero attached hydrogens (tertiary/aromatic N) is 1. The predicted octanol–water partition coefficient (Wildman–Crippen LogP) is 5.23. The first-order valence-electron chi connectivity index (χ1n) is 11.2. The van der Waals surface area contributed by atoms with Crippen LogP contribution in [0.3, 0.4) is 0 Å². The van der Waals surface area contributed by atoms with Crippen LogP contribution in [0.4, 0.5) is 0 Å². The van der Waals surface area contributed by atoms with Crippen LogP contribution in [0.15, 0.2) is 28.8 Å². The number of aromatic nitrogens is 1. The molecule has 0 aliphatic carbocycles. The van der Waals surface area contributed by atoms with Gasteiger partial charge in [0, 0.05) is 18.9 Å². The first-order valence-corrected chi connectivity index (χ1v) is 11.2. The molecule has 8 nitrogen and oxygen atoms in total. The summed E-state index contributed by atoms with van der Waals surface area (Å²) in [5.74, 6) is 1.61. The third kappa shape index (κ3) is 7.89.